The molecular weight excluding hydrogens is 354 g/mol. The molecule has 0 radical (unpaired) electrons. The predicted molar refractivity (Wildman–Crippen MR) is 104 cm³/mol. The van der Waals surface area contributed by atoms with Crippen LogP contribution in [-0.2, 0) is 6.54 Å². The van der Waals surface area contributed by atoms with Crippen LogP contribution in [0.1, 0.15) is 17.3 Å². The lowest BCUT2D eigenvalue weighted by Crippen LogP contribution is -2.31. The molecule has 3 heterocycles. The van der Waals surface area contributed by atoms with E-state index in [1.54, 1.807) is 24.3 Å². The highest BCUT2D eigenvalue weighted by Gasteiger charge is 2.22. The van der Waals surface area contributed by atoms with Gasteiger partial charge in [0.25, 0.3) is 0 Å². The Hall–Kier alpha value is -3.61. The first-order valence-corrected chi connectivity index (χ1v) is 8.97. The second-order valence-electron chi connectivity index (χ2n) is 6.40. The quantitative estimate of drug-likeness (QED) is 0.657. The monoisotopic (exact) mass is 375 g/mol. The third kappa shape index (κ3) is 3.88. The van der Waals surface area contributed by atoms with Crippen LogP contribution in [0.2, 0.25) is 0 Å². The molecule has 0 N–H and O–H groups in total. The van der Waals surface area contributed by atoms with Crippen molar-refractivity contribution in [3.8, 4) is 11.6 Å². The first-order chi connectivity index (χ1) is 13.7. The van der Waals surface area contributed by atoms with Gasteiger partial charge in [-0.2, -0.15) is 15.0 Å². The molecule has 1 unspecified atom stereocenters. The molecule has 0 bridgehead atoms. The van der Waals surface area contributed by atoms with Crippen molar-refractivity contribution in [2.75, 3.05) is 7.11 Å². The average Bonchev–Trinajstić information content (AvgIpc) is 3.26. The van der Waals surface area contributed by atoms with Gasteiger partial charge >= 0.3 is 0 Å². The third-order valence-electron chi connectivity index (χ3n) is 4.45. The van der Waals surface area contributed by atoms with E-state index in [2.05, 4.69) is 20.1 Å². The van der Waals surface area contributed by atoms with Crippen molar-refractivity contribution in [2.45, 2.75) is 19.6 Å². The van der Waals surface area contributed by atoms with Crippen LogP contribution in [0.25, 0.3) is 0 Å². The van der Waals surface area contributed by atoms with Crippen LogP contribution < -0.4 is 9.47 Å². The number of aromatic nitrogens is 4. The standard InChI is InChI=1S/C21H21N5O2/c1-16-5-3-4-6-19(16)28-18-9-12-25(21(13-18)26-23-10-11-24-26)15-17-7-8-20(27-2)22-14-17/h3-14,21H,15H2,1-2H3. The Kier molecular flexibility index (Phi) is 5.05. The second-order valence-corrected chi connectivity index (χ2v) is 6.40. The molecule has 28 heavy (non-hydrogen) atoms. The number of pyridine rings is 1. The van der Waals surface area contributed by atoms with Crippen molar-refractivity contribution in [3.05, 3.63) is 90.2 Å². The first kappa shape index (κ1) is 17.8. The largest absolute Gasteiger partial charge is 0.481 e. The normalized spacial score (nSPS) is 16.0. The van der Waals surface area contributed by atoms with Gasteiger partial charge in [0.2, 0.25) is 5.88 Å². The summed E-state index contributed by atoms with van der Waals surface area (Å²) in [4.78, 5) is 8.05. The van der Waals surface area contributed by atoms with Crippen LogP contribution in [0.15, 0.2) is 79.1 Å². The van der Waals surface area contributed by atoms with Crippen LogP contribution >= 0.6 is 0 Å². The van der Waals surface area contributed by atoms with E-state index in [1.165, 1.54) is 0 Å². The summed E-state index contributed by atoms with van der Waals surface area (Å²) in [6.45, 7) is 2.67. The van der Waals surface area contributed by atoms with Crippen LogP contribution in [-0.4, -0.2) is 32.0 Å². The van der Waals surface area contributed by atoms with Crippen molar-refractivity contribution >= 4 is 0 Å². The molecule has 0 aliphatic carbocycles. The lowest BCUT2D eigenvalue weighted by molar-refractivity contribution is 0.199. The molecule has 3 aromatic rings. The van der Waals surface area contributed by atoms with E-state index < -0.39 is 0 Å². The predicted octanol–water partition coefficient (Wildman–Crippen LogP) is 3.48. The van der Waals surface area contributed by atoms with Gasteiger partial charge in [-0.25, -0.2) is 4.98 Å². The van der Waals surface area contributed by atoms with Crippen molar-refractivity contribution in [2.24, 2.45) is 0 Å². The first-order valence-electron chi connectivity index (χ1n) is 8.97. The zero-order valence-electron chi connectivity index (χ0n) is 15.8. The Morgan fingerprint density at radius 1 is 1.07 bits per heavy atom. The van der Waals surface area contributed by atoms with Gasteiger partial charge in [0.15, 0.2) is 6.17 Å². The Labute approximate surface area is 163 Å². The number of hydrogen-bond donors (Lipinski definition) is 0. The Bertz CT molecular complexity index is 980. The fourth-order valence-corrected chi connectivity index (χ4v) is 2.97. The lowest BCUT2D eigenvalue weighted by Gasteiger charge is -2.31. The molecular formula is C21H21N5O2. The molecule has 0 spiro atoms. The van der Waals surface area contributed by atoms with Crippen LogP contribution in [0.3, 0.4) is 0 Å². The summed E-state index contributed by atoms with van der Waals surface area (Å²) in [5.41, 5.74) is 2.14. The molecule has 0 saturated carbocycles. The van der Waals surface area contributed by atoms with Gasteiger partial charge in [-0.15, -0.1) is 0 Å². The fraction of sp³-hybridized carbons (Fsp3) is 0.190. The summed E-state index contributed by atoms with van der Waals surface area (Å²) in [6.07, 6.45) is 10.9. The average molecular weight is 375 g/mol. The number of allylic oxidation sites excluding steroid dienone is 1. The molecule has 4 rings (SSSR count). The number of rotatable bonds is 6. The molecule has 0 amide bonds. The molecule has 7 nitrogen and oxygen atoms in total. The van der Waals surface area contributed by atoms with Gasteiger partial charge in [-0.3, -0.25) is 0 Å². The summed E-state index contributed by atoms with van der Waals surface area (Å²) < 4.78 is 11.2. The summed E-state index contributed by atoms with van der Waals surface area (Å²) in [6, 6.07) is 11.8. The zero-order valence-corrected chi connectivity index (χ0v) is 15.8. The molecule has 0 saturated heterocycles. The summed E-state index contributed by atoms with van der Waals surface area (Å²) >= 11 is 0. The van der Waals surface area contributed by atoms with Gasteiger partial charge < -0.3 is 14.4 Å². The van der Waals surface area contributed by atoms with E-state index in [9.17, 15) is 0 Å². The maximum atomic E-state index is 6.09. The van der Waals surface area contributed by atoms with E-state index in [-0.39, 0.29) is 6.17 Å². The number of benzene rings is 1. The van der Waals surface area contributed by atoms with Crippen molar-refractivity contribution in [1.82, 2.24) is 24.9 Å². The van der Waals surface area contributed by atoms with Crippen LogP contribution in [0.5, 0.6) is 11.6 Å². The minimum absolute atomic E-state index is 0.207. The van der Waals surface area contributed by atoms with E-state index in [0.717, 1.165) is 22.6 Å². The SMILES string of the molecule is COc1ccc(CN2C=CC(Oc3ccccc3C)=CC2n2nccn2)cn1. The van der Waals surface area contributed by atoms with Crippen molar-refractivity contribution < 1.29 is 9.47 Å². The summed E-state index contributed by atoms with van der Waals surface area (Å²) in [5.74, 6) is 2.18. The second kappa shape index (κ2) is 7.96. The minimum atomic E-state index is -0.207. The molecule has 1 atom stereocenters. The minimum Gasteiger partial charge on any atom is -0.481 e. The van der Waals surface area contributed by atoms with Gasteiger partial charge in [-0.05, 0) is 30.2 Å². The highest BCUT2D eigenvalue weighted by Crippen LogP contribution is 2.27. The number of nitrogens with zero attached hydrogens (tertiary/aromatic N) is 5. The number of methoxy groups -OCH3 is 1. The highest BCUT2D eigenvalue weighted by molar-refractivity contribution is 5.35. The molecule has 7 heteroatoms. The smallest absolute Gasteiger partial charge is 0.212 e. The molecule has 142 valence electrons. The maximum Gasteiger partial charge on any atom is 0.212 e. The van der Waals surface area contributed by atoms with Crippen molar-refractivity contribution in [1.29, 1.82) is 0 Å². The lowest BCUT2D eigenvalue weighted by atomic mass is 10.2. The van der Waals surface area contributed by atoms with Crippen molar-refractivity contribution in [3.63, 3.8) is 0 Å². The van der Waals surface area contributed by atoms with E-state index in [0.29, 0.717) is 12.4 Å². The van der Waals surface area contributed by atoms with Crippen LogP contribution in [0, 0.1) is 6.92 Å². The molecule has 2 aromatic heterocycles. The number of para-hydroxylation sites is 1. The van der Waals surface area contributed by atoms with Gasteiger partial charge in [0.1, 0.15) is 11.5 Å². The van der Waals surface area contributed by atoms with Gasteiger partial charge in [-0.1, -0.05) is 24.3 Å². The number of aryl methyl sites for hydroxylation is 1. The van der Waals surface area contributed by atoms with E-state index in [1.807, 2.05) is 67.9 Å². The molecule has 1 aliphatic rings. The van der Waals surface area contributed by atoms with Gasteiger partial charge in [0, 0.05) is 31.1 Å². The fourth-order valence-electron chi connectivity index (χ4n) is 2.97. The Morgan fingerprint density at radius 3 is 2.61 bits per heavy atom. The topological polar surface area (TPSA) is 65.3 Å². The third-order valence-corrected chi connectivity index (χ3v) is 4.45. The van der Waals surface area contributed by atoms with Crippen LogP contribution in [0.4, 0.5) is 0 Å². The summed E-state index contributed by atoms with van der Waals surface area (Å²) in [7, 11) is 1.61. The highest BCUT2D eigenvalue weighted by atomic mass is 16.5. The Balaban J connectivity index is 1.57. The summed E-state index contributed by atoms with van der Waals surface area (Å²) in [5, 5.41) is 8.62. The number of hydrogen-bond acceptors (Lipinski definition) is 6. The zero-order chi connectivity index (χ0) is 19.3. The molecule has 1 aromatic carbocycles. The molecule has 1 aliphatic heterocycles. The van der Waals surface area contributed by atoms with E-state index in [4.69, 9.17) is 9.47 Å². The van der Waals surface area contributed by atoms with E-state index >= 15 is 0 Å². The Morgan fingerprint density at radius 2 is 1.89 bits per heavy atom. The maximum absolute atomic E-state index is 6.09. The van der Waals surface area contributed by atoms with Gasteiger partial charge in [0.05, 0.1) is 19.5 Å². The number of ether oxygens (including phenoxy) is 2. The molecule has 0 fully saturated rings.